The van der Waals surface area contributed by atoms with Crippen LogP contribution >= 0.6 is 0 Å². The second-order valence-electron chi connectivity index (χ2n) is 9.37. The van der Waals surface area contributed by atoms with Crippen molar-refractivity contribution in [2.24, 2.45) is 5.41 Å². The number of methoxy groups -OCH3 is 1. The summed E-state index contributed by atoms with van der Waals surface area (Å²) in [4.78, 5) is 29.7. The second-order valence-corrected chi connectivity index (χ2v) is 9.37. The summed E-state index contributed by atoms with van der Waals surface area (Å²) in [7, 11) is 1.38. The molecular weight excluding hydrogens is 406 g/mol. The van der Waals surface area contributed by atoms with E-state index in [-0.39, 0.29) is 11.9 Å². The molecule has 178 valence electrons. The van der Waals surface area contributed by atoms with E-state index in [0.29, 0.717) is 32.5 Å². The van der Waals surface area contributed by atoms with Crippen LogP contribution in [0.2, 0.25) is 0 Å². The summed E-state index contributed by atoms with van der Waals surface area (Å²) in [6.45, 7) is 4.14. The maximum atomic E-state index is 12.8. The maximum Gasteiger partial charge on any atom is 0.328 e. The zero-order valence-corrected chi connectivity index (χ0v) is 19.7. The fourth-order valence-corrected chi connectivity index (χ4v) is 4.47. The molecule has 7 nitrogen and oxygen atoms in total. The summed E-state index contributed by atoms with van der Waals surface area (Å²) >= 11 is 0. The molecule has 0 spiro atoms. The zero-order valence-electron chi connectivity index (χ0n) is 19.7. The van der Waals surface area contributed by atoms with Crippen LogP contribution in [0.1, 0.15) is 76.0 Å². The van der Waals surface area contributed by atoms with E-state index in [1.54, 1.807) is 0 Å². The van der Waals surface area contributed by atoms with Crippen molar-refractivity contribution in [1.82, 2.24) is 10.3 Å². The molecule has 1 aromatic heterocycles. The SMILES string of the molecule is COC(=O)C(CCCCCCCc1ccc2c(n1)NCCC2)NC(=O)C1(C)CCOCC1. The highest BCUT2D eigenvalue weighted by atomic mass is 16.5. The minimum Gasteiger partial charge on any atom is -0.467 e. The number of ether oxygens (including phenoxy) is 2. The maximum absolute atomic E-state index is 12.8. The Morgan fingerprint density at radius 3 is 2.72 bits per heavy atom. The second kappa shape index (κ2) is 12.2. The van der Waals surface area contributed by atoms with Crippen LogP contribution in [-0.2, 0) is 31.9 Å². The summed E-state index contributed by atoms with van der Waals surface area (Å²) in [5.41, 5.74) is 2.02. The number of amides is 1. The van der Waals surface area contributed by atoms with Gasteiger partial charge in [-0.3, -0.25) is 4.79 Å². The monoisotopic (exact) mass is 445 g/mol. The zero-order chi connectivity index (χ0) is 22.8. The lowest BCUT2D eigenvalue weighted by Gasteiger charge is -2.33. The Morgan fingerprint density at radius 1 is 1.19 bits per heavy atom. The number of aromatic nitrogens is 1. The molecule has 1 atom stereocenters. The first-order valence-electron chi connectivity index (χ1n) is 12.2. The first kappa shape index (κ1) is 24.5. The van der Waals surface area contributed by atoms with Gasteiger partial charge in [-0.2, -0.15) is 0 Å². The third-order valence-electron chi connectivity index (χ3n) is 6.81. The molecule has 0 bridgehead atoms. The van der Waals surface area contributed by atoms with Crippen molar-refractivity contribution in [3.05, 3.63) is 23.4 Å². The van der Waals surface area contributed by atoms with Gasteiger partial charge in [-0.15, -0.1) is 0 Å². The number of hydrogen-bond donors (Lipinski definition) is 2. The molecule has 1 fully saturated rings. The smallest absolute Gasteiger partial charge is 0.328 e. The average molecular weight is 446 g/mol. The van der Waals surface area contributed by atoms with E-state index >= 15 is 0 Å². The fraction of sp³-hybridized carbons (Fsp3) is 0.720. The Hall–Kier alpha value is -2.15. The third-order valence-corrected chi connectivity index (χ3v) is 6.81. The molecule has 32 heavy (non-hydrogen) atoms. The Balaban J connectivity index is 1.34. The van der Waals surface area contributed by atoms with Gasteiger partial charge in [0.15, 0.2) is 0 Å². The van der Waals surface area contributed by atoms with E-state index < -0.39 is 11.5 Å². The number of nitrogens with zero attached hydrogens (tertiary/aromatic N) is 1. The van der Waals surface area contributed by atoms with Crippen LogP contribution in [-0.4, -0.2) is 49.8 Å². The minimum absolute atomic E-state index is 0.0664. The van der Waals surface area contributed by atoms with Gasteiger partial charge in [0.1, 0.15) is 11.9 Å². The molecule has 1 unspecified atom stereocenters. The highest BCUT2D eigenvalue weighted by Crippen LogP contribution is 2.30. The first-order chi connectivity index (χ1) is 15.5. The van der Waals surface area contributed by atoms with Crippen LogP contribution < -0.4 is 10.6 Å². The van der Waals surface area contributed by atoms with Gasteiger partial charge in [-0.1, -0.05) is 38.7 Å². The lowest BCUT2D eigenvalue weighted by atomic mass is 9.81. The number of nitrogens with one attached hydrogen (secondary N) is 2. The van der Waals surface area contributed by atoms with Gasteiger partial charge >= 0.3 is 5.97 Å². The number of pyridine rings is 1. The molecule has 1 aromatic rings. The van der Waals surface area contributed by atoms with Crippen molar-refractivity contribution >= 4 is 17.7 Å². The van der Waals surface area contributed by atoms with Crippen molar-refractivity contribution in [2.75, 3.05) is 32.2 Å². The van der Waals surface area contributed by atoms with Crippen LogP contribution in [0.3, 0.4) is 0 Å². The number of anilines is 1. The number of carbonyl (C=O) groups is 2. The van der Waals surface area contributed by atoms with Gasteiger partial charge < -0.3 is 20.1 Å². The Morgan fingerprint density at radius 2 is 1.94 bits per heavy atom. The molecule has 1 amide bonds. The third kappa shape index (κ3) is 6.92. The van der Waals surface area contributed by atoms with E-state index in [9.17, 15) is 9.59 Å². The van der Waals surface area contributed by atoms with Crippen LogP contribution in [0.25, 0.3) is 0 Å². The quantitative estimate of drug-likeness (QED) is 0.398. The van der Waals surface area contributed by atoms with Gasteiger partial charge in [0.25, 0.3) is 0 Å². The molecule has 2 N–H and O–H groups in total. The van der Waals surface area contributed by atoms with Crippen LogP contribution in [0, 0.1) is 5.41 Å². The molecule has 3 rings (SSSR count). The summed E-state index contributed by atoms with van der Waals surface area (Å²) in [6.07, 6.45) is 10.6. The number of carbonyl (C=O) groups excluding carboxylic acids is 2. The highest BCUT2D eigenvalue weighted by Gasteiger charge is 2.37. The summed E-state index contributed by atoms with van der Waals surface area (Å²) in [5.74, 6) is 0.642. The average Bonchev–Trinajstić information content (AvgIpc) is 2.82. The molecule has 0 saturated carbocycles. The molecule has 0 aromatic carbocycles. The van der Waals surface area contributed by atoms with Crippen LogP contribution in [0.5, 0.6) is 0 Å². The molecule has 2 aliphatic heterocycles. The lowest BCUT2D eigenvalue weighted by Crippen LogP contribution is -2.49. The fourth-order valence-electron chi connectivity index (χ4n) is 4.47. The molecule has 1 saturated heterocycles. The lowest BCUT2D eigenvalue weighted by molar-refractivity contribution is -0.148. The minimum atomic E-state index is -0.570. The molecule has 0 radical (unpaired) electrons. The van der Waals surface area contributed by atoms with Gasteiger partial charge in [-0.25, -0.2) is 9.78 Å². The number of hydrogen-bond acceptors (Lipinski definition) is 6. The number of unbranched alkanes of at least 4 members (excludes halogenated alkanes) is 4. The highest BCUT2D eigenvalue weighted by molar-refractivity contribution is 5.87. The largest absolute Gasteiger partial charge is 0.467 e. The van der Waals surface area contributed by atoms with E-state index in [1.807, 2.05) is 6.92 Å². The predicted molar refractivity (Wildman–Crippen MR) is 125 cm³/mol. The standard InChI is InChI=1S/C25H39N3O4/c1-25(14-17-32-18-15-25)24(30)28-21(23(29)31-2)11-7-5-3-4-6-10-20-13-12-19-9-8-16-26-22(19)27-20/h12-13,21H,3-11,14-18H2,1-2H3,(H,26,27)(H,28,30). The van der Waals surface area contributed by atoms with Crippen molar-refractivity contribution in [3.8, 4) is 0 Å². The Labute approximate surface area is 192 Å². The van der Waals surface area contributed by atoms with Crippen molar-refractivity contribution in [1.29, 1.82) is 0 Å². The predicted octanol–water partition coefficient (Wildman–Crippen LogP) is 3.80. The van der Waals surface area contributed by atoms with Gasteiger partial charge in [0.2, 0.25) is 5.91 Å². The summed E-state index contributed by atoms with van der Waals surface area (Å²) in [5, 5.41) is 6.34. The Kier molecular flexibility index (Phi) is 9.33. The number of fused-ring (bicyclic) bond motifs is 1. The van der Waals surface area contributed by atoms with E-state index in [1.165, 1.54) is 19.1 Å². The molecule has 7 heteroatoms. The van der Waals surface area contributed by atoms with Crippen molar-refractivity contribution in [3.63, 3.8) is 0 Å². The molecule has 0 aliphatic carbocycles. The summed E-state index contributed by atoms with van der Waals surface area (Å²) < 4.78 is 10.3. The molecular formula is C25H39N3O4. The van der Waals surface area contributed by atoms with E-state index in [0.717, 1.165) is 63.0 Å². The van der Waals surface area contributed by atoms with E-state index in [2.05, 4.69) is 22.8 Å². The normalized spacial score (nSPS) is 18.2. The van der Waals surface area contributed by atoms with Crippen molar-refractivity contribution in [2.45, 2.75) is 83.6 Å². The van der Waals surface area contributed by atoms with Crippen molar-refractivity contribution < 1.29 is 19.1 Å². The topological polar surface area (TPSA) is 89.5 Å². The summed E-state index contributed by atoms with van der Waals surface area (Å²) in [6, 6.07) is 3.81. The van der Waals surface area contributed by atoms with Crippen LogP contribution in [0.4, 0.5) is 5.82 Å². The number of esters is 1. The van der Waals surface area contributed by atoms with Gasteiger partial charge in [0, 0.05) is 25.5 Å². The first-order valence-corrected chi connectivity index (χ1v) is 12.2. The van der Waals surface area contributed by atoms with E-state index in [4.69, 9.17) is 14.5 Å². The number of aryl methyl sites for hydroxylation is 2. The van der Waals surface area contributed by atoms with Crippen LogP contribution in [0.15, 0.2) is 12.1 Å². The van der Waals surface area contributed by atoms with Gasteiger partial charge in [0.05, 0.1) is 12.5 Å². The Bertz CT molecular complexity index is 762. The molecule has 2 aliphatic rings. The molecule has 3 heterocycles. The van der Waals surface area contributed by atoms with Gasteiger partial charge in [-0.05, 0) is 56.6 Å². The number of rotatable bonds is 11.